The van der Waals surface area contributed by atoms with Gasteiger partial charge in [-0.05, 0) is 30.3 Å². The zero-order chi connectivity index (χ0) is 13.2. The van der Waals surface area contributed by atoms with Gasteiger partial charge < -0.3 is 9.15 Å². The highest BCUT2D eigenvalue weighted by Crippen LogP contribution is 2.28. The number of nitrogens with zero attached hydrogens (tertiary/aromatic N) is 1. The molecule has 4 nitrogen and oxygen atoms in total. The number of pyridine rings is 1. The van der Waals surface area contributed by atoms with Crippen LogP contribution in [0.3, 0.4) is 0 Å². The summed E-state index contributed by atoms with van der Waals surface area (Å²) in [6.07, 6.45) is 3.33. The van der Waals surface area contributed by atoms with Crippen LogP contribution in [-0.4, -0.2) is 18.1 Å². The average molecular weight is 253 g/mol. The number of rotatable bonds is 2. The fourth-order valence-electron chi connectivity index (χ4n) is 2.04. The van der Waals surface area contributed by atoms with Gasteiger partial charge in [0.2, 0.25) is 0 Å². The van der Waals surface area contributed by atoms with Gasteiger partial charge in [-0.3, -0.25) is 4.98 Å². The Labute approximate surface area is 109 Å². The van der Waals surface area contributed by atoms with E-state index in [0.29, 0.717) is 5.56 Å². The lowest BCUT2D eigenvalue weighted by Crippen LogP contribution is -2.00. The number of hydrogen-bond acceptors (Lipinski definition) is 4. The van der Waals surface area contributed by atoms with Crippen LogP contribution in [0.5, 0.6) is 0 Å². The molecule has 0 fully saturated rings. The lowest BCUT2D eigenvalue weighted by molar-refractivity contribution is 0.0601. The second-order valence-corrected chi connectivity index (χ2v) is 4.06. The third-order valence-corrected chi connectivity index (χ3v) is 2.95. The molecule has 1 aromatic carbocycles. The Bertz CT molecular complexity index is 732. The number of hydrogen-bond donors (Lipinski definition) is 0. The summed E-state index contributed by atoms with van der Waals surface area (Å²) in [7, 11) is 1.36. The maximum absolute atomic E-state index is 11.5. The molecule has 0 aliphatic rings. The molecule has 0 unspecified atom stereocenters. The van der Waals surface area contributed by atoms with Crippen molar-refractivity contribution in [3.63, 3.8) is 0 Å². The molecule has 0 atom stereocenters. The van der Waals surface area contributed by atoms with E-state index in [1.54, 1.807) is 24.6 Å². The maximum atomic E-state index is 11.5. The smallest absolute Gasteiger partial charge is 0.337 e. The third kappa shape index (κ3) is 1.97. The summed E-state index contributed by atoms with van der Waals surface area (Å²) in [6, 6.07) is 10.9. The standard InChI is InChI=1S/C15H11NO3/c1-18-15(17)10-4-5-11-12(14-3-2-8-19-14)6-7-16-13(11)9-10/h2-9H,1H3. The zero-order valence-electron chi connectivity index (χ0n) is 10.3. The van der Waals surface area contributed by atoms with Crippen molar-refractivity contribution in [3.05, 3.63) is 54.4 Å². The van der Waals surface area contributed by atoms with Crippen LogP contribution in [0, 0.1) is 0 Å². The summed E-state index contributed by atoms with van der Waals surface area (Å²) in [5.41, 5.74) is 2.17. The van der Waals surface area contributed by atoms with Crippen molar-refractivity contribution in [3.8, 4) is 11.3 Å². The van der Waals surface area contributed by atoms with Crippen molar-refractivity contribution in [1.29, 1.82) is 0 Å². The van der Waals surface area contributed by atoms with Gasteiger partial charge in [0, 0.05) is 17.1 Å². The summed E-state index contributed by atoms with van der Waals surface area (Å²) in [6.45, 7) is 0. The number of carbonyl (C=O) groups is 1. The molecular formula is C15H11NO3. The average Bonchev–Trinajstić information content (AvgIpc) is 2.99. The summed E-state index contributed by atoms with van der Waals surface area (Å²) >= 11 is 0. The minimum atomic E-state index is -0.368. The van der Waals surface area contributed by atoms with Gasteiger partial charge in [0.25, 0.3) is 0 Å². The summed E-state index contributed by atoms with van der Waals surface area (Å²) < 4.78 is 10.1. The Hall–Kier alpha value is -2.62. The molecule has 0 saturated carbocycles. The monoisotopic (exact) mass is 253 g/mol. The van der Waals surface area contributed by atoms with Crippen LogP contribution in [0.25, 0.3) is 22.2 Å². The molecule has 0 saturated heterocycles. The Kier molecular flexibility index (Phi) is 2.76. The lowest BCUT2D eigenvalue weighted by Gasteiger charge is -2.05. The fraction of sp³-hybridized carbons (Fsp3) is 0.0667. The van der Waals surface area contributed by atoms with Crippen LogP contribution >= 0.6 is 0 Å². The first-order valence-corrected chi connectivity index (χ1v) is 5.80. The van der Waals surface area contributed by atoms with E-state index >= 15 is 0 Å². The molecule has 2 heterocycles. The van der Waals surface area contributed by atoms with E-state index in [0.717, 1.165) is 22.2 Å². The third-order valence-electron chi connectivity index (χ3n) is 2.95. The Morgan fingerprint density at radius 3 is 2.89 bits per heavy atom. The molecule has 0 radical (unpaired) electrons. The topological polar surface area (TPSA) is 52.3 Å². The van der Waals surface area contributed by atoms with Gasteiger partial charge in [0.05, 0.1) is 24.5 Å². The van der Waals surface area contributed by atoms with Crippen molar-refractivity contribution in [2.75, 3.05) is 7.11 Å². The molecule has 4 heteroatoms. The lowest BCUT2D eigenvalue weighted by atomic mass is 10.0. The first-order valence-electron chi connectivity index (χ1n) is 5.80. The molecular weight excluding hydrogens is 242 g/mol. The van der Waals surface area contributed by atoms with Crippen LogP contribution in [-0.2, 0) is 4.74 Å². The summed E-state index contributed by atoms with van der Waals surface area (Å²) in [5.74, 6) is 0.408. The predicted octanol–water partition coefficient (Wildman–Crippen LogP) is 3.28. The first-order chi connectivity index (χ1) is 9.29. The van der Waals surface area contributed by atoms with Gasteiger partial charge in [0.15, 0.2) is 0 Å². The van der Waals surface area contributed by atoms with E-state index in [-0.39, 0.29) is 5.97 Å². The number of furan rings is 1. The van der Waals surface area contributed by atoms with E-state index in [2.05, 4.69) is 4.98 Å². The highest BCUT2D eigenvalue weighted by molar-refractivity contribution is 5.98. The van der Waals surface area contributed by atoms with E-state index in [4.69, 9.17) is 9.15 Å². The van der Waals surface area contributed by atoms with E-state index in [9.17, 15) is 4.79 Å². The second kappa shape index (κ2) is 4.57. The number of fused-ring (bicyclic) bond motifs is 1. The number of aromatic nitrogens is 1. The van der Waals surface area contributed by atoms with Crippen LogP contribution in [0.15, 0.2) is 53.3 Å². The summed E-state index contributed by atoms with van der Waals surface area (Å²) in [4.78, 5) is 15.8. The molecule has 0 N–H and O–H groups in total. The van der Waals surface area contributed by atoms with Crippen LogP contribution in [0.2, 0.25) is 0 Å². The zero-order valence-corrected chi connectivity index (χ0v) is 10.3. The predicted molar refractivity (Wildman–Crippen MR) is 70.8 cm³/mol. The Morgan fingerprint density at radius 2 is 2.16 bits per heavy atom. The van der Waals surface area contributed by atoms with Crippen LogP contribution in [0.4, 0.5) is 0 Å². The highest BCUT2D eigenvalue weighted by Gasteiger charge is 2.10. The largest absolute Gasteiger partial charge is 0.465 e. The van der Waals surface area contributed by atoms with Crippen molar-refractivity contribution in [1.82, 2.24) is 4.98 Å². The molecule has 3 rings (SSSR count). The van der Waals surface area contributed by atoms with Crippen molar-refractivity contribution in [2.24, 2.45) is 0 Å². The number of carbonyl (C=O) groups excluding carboxylic acids is 1. The van der Waals surface area contributed by atoms with E-state index in [1.165, 1.54) is 7.11 Å². The first kappa shape index (κ1) is 11.5. The minimum absolute atomic E-state index is 0.368. The molecule has 0 spiro atoms. The molecule has 94 valence electrons. The number of esters is 1. The molecule has 0 aliphatic carbocycles. The Balaban J connectivity index is 2.20. The highest BCUT2D eigenvalue weighted by atomic mass is 16.5. The van der Waals surface area contributed by atoms with Gasteiger partial charge in [-0.25, -0.2) is 4.79 Å². The van der Waals surface area contributed by atoms with Gasteiger partial charge >= 0.3 is 5.97 Å². The van der Waals surface area contributed by atoms with Crippen molar-refractivity contribution in [2.45, 2.75) is 0 Å². The van der Waals surface area contributed by atoms with Crippen LogP contribution < -0.4 is 0 Å². The molecule has 2 aromatic heterocycles. The SMILES string of the molecule is COC(=O)c1ccc2c(-c3ccco3)ccnc2c1. The normalized spacial score (nSPS) is 10.6. The summed E-state index contributed by atoms with van der Waals surface area (Å²) in [5, 5.41) is 0.935. The molecule has 0 bridgehead atoms. The Morgan fingerprint density at radius 1 is 1.26 bits per heavy atom. The van der Waals surface area contributed by atoms with Crippen molar-refractivity contribution >= 4 is 16.9 Å². The second-order valence-electron chi connectivity index (χ2n) is 4.06. The van der Waals surface area contributed by atoms with Crippen LogP contribution in [0.1, 0.15) is 10.4 Å². The fourth-order valence-corrected chi connectivity index (χ4v) is 2.04. The molecule has 3 aromatic rings. The van der Waals surface area contributed by atoms with Gasteiger partial charge in [-0.15, -0.1) is 0 Å². The quantitative estimate of drug-likeness (QED) is 0.658. The molecule has 19 heavy (non-hydrogen) atoms. The van der Waals surface area contributed by atoms with Gasteiger partial charge in [-0.1, -0.05) is 6.07 Å². The van der Waals surface area contributed by atoms with E-state index < -0.39 is 0 Å². The minimum Gasteiger partial charge on any atom is -0.465 e. The number of ether oxygens (including phenoxy) is 1. The van der Waals surface area contributed by atoms with Gasteiger partial charge in [0.1, 0.15) is 5.76 Å². The number of benzene rings is 1. The van der Waals surface area contributed by atoms with E-state index in [1.807, 2.05) is 24.3 Å². The molecule has 0 aliphatic heterocycles. The molecule has 0 amide bonds. The maximum Gasteiger partial charge on any atom is 0.337 e. The van der Waals surface area contributed by atoms with Gasteiger partial charge in [-0.2, -0.15) is 0 Å². The van der Waals surface area contributed by atoms with Crippen molar-refractivity contribution < 1.29 is 13.9 Å². The number of methoxy groups -OCH3 is 1.